The third-order valence-corrected chi connectivity index (χ3v) is 3.89. The summed E-state index contributed by atoms with van der Waals surface area (Å²) < 4.78 is 5.01. The van der Waals surface area contributed by atoms with Crippen molar-refractivity contribution in [1.82, 2.24) is 20.3 Å². The number of ether oxygens (including phenoxy) is 1. The third-order valence-electron chi connectivity index (χ3n) is 3.89. The fraction of sp³-hybridized carbons (Fsp3) is 0.222. The Balaban J connectivity index is 1.85. The van der Waals surface area contributed by atoms with E-state index in [0.29, 0.717) is 17.2 Å². The summed E-state index contributed by atoms with van der Waals surface area (Å²) in [6, 6.07) is 11.2. The summed E-state index contributed by atoms with van der Waals surface area (Å²) in [6.07, 6.45) is 0.304. The minimum atomic E-state index is -1.14. The van der Waals surface area contributed by atoms with Gasteiger partial charge in [0, 0.05) is 24.6 Å². The Hall–Kier alpha value is -3.64. The topological polar surface area (TPSA) is 136 Å². The first-order valence-corrected chi connectivity index (χ1v) is 8.18. The summed E-state index contributed by atoms with van der Waals surface area (Å²) in [5.41, 5.74) is 2.24. The maximum Gasteiger partial charge on any atom is 0.405 e. The predicted molar refractivity (Wildman–Crippen MR) is 99.4 cm³/mol. The van der Waals surface area contributed by atoms with Crippen LogP contribution < -0.4 is 10.6 Å². The van der Waals surface area contributed by atoms with E-state index in [9.17, 15) is 10.1 Å². The van der Waals surface area contributed by atoms with Crippen LogP contribution in [0.3, 0.4) is 0 Å². The van der Waals surface area contributed by atoms with Crippen LogP contribution in [0.1, 0.15) is 5.69 Å². The number of para-hydroxylation sites is 1. The molecular weight excluding hydrogens is 348 g/mol. The third kappa shape index (κ3) is 4.31. The number of hydrogen-bond acceptors (Lipinski definition) is 6. The number of nitrogens with one attached hydrogen (secondary N) is 3. The van der Waals surface area contributed by atoms with Crippen molar-refractivity contribution < 1.29 is 14.6 Å². The number of fused-ring (bicyclic) bond motifs is 1. The molecule has 1 atom stereocenters. The van der Waals surface area contributed by atoms with Crippen molar-refractivity contribution in [3.63, 3.8) is 0 Å². The highest BCUT2D eigenvalue weighted by Gasteiger charge is 2.15. The predicted octanol–water partition coefficient (Wildman–Crippen LogP) is 2.19. The maximum atomic E-state index is 10.8. The molecule has 138 valence electrons. The summed E-state index contributed by atoms with van der Waals surface area (Å²) in [6.45, 7) is 0.463. The normalized spacial score (nSPS) is 11.7. The van der Waals surface area contributed by atoms with Crippen molar-refractivity contribution in [2.45, 2.75) is 6.04 Å². The second-order valence-electron chi connectivity index (χ2n) is 5.82. The molecule has 1 amide bonds. The molecule has 0 aliphatic heterocycles. The standard InChI is InChI=1S/C18H18N6O3/c1-27-10-12(22-18(25)26)8-21-16-9-20-15(7-19)17(24-16)14-6-11-4-2-3-5-13(11)23-14/h2-6,9,12,22-23H,8,10H2,1H3,(H,21,24)(H,25,26). The summed E-state index contributed by atoms with van der Waals surface area (Å²) in [5.74, 6) is 0.427. The van der Waals surface area contributed by atoms with Crippen LogP contribution in [0.5, 0.6) is 0 Å². The zero-order valence-electron chi connectivity index (χ0n) is 14.6. The molecule has 0 aliphatic rings. The van der Waals surface area contributed by atoms with E-state index in [2.05, 4.69) is 25.6 Å². The fourth-order valence-corrected chi connectivity index (χ4v) is 2.70. The Kier molecular flexibility index (Phi) is 5.49. The lowest BCUT2D eigenvalue weighted by Crippen LogP contribution is -2.42. The monoisotopic (exact) mass is 366 g/mol. The van der Waals surface area contributed by atoms with Crippen molar-refractivity contribution in [3.05, 3.63) is 42.2 Å². The zero-order chi connectivity index (χ0) is 19.2. The average Bonchev–Trinajstić information content (AvgIpc) is 3.09. The van der Waals surface area contributed by atoms with Gasteiger partial charge in [0.1, 0.15) is 17.6 Å². The molecule has 0 bridgehead atoms. The molecule has 9 heteroatoms. The van der Waals surface area contributed by atoms with Crippen molar-refractivity contribution in [3.8, 4) is 17.5 Å². The van der Waals surface area contributed by atoms with E-state index in [1.54, 1.807) is 0 Å². The summed E-state index contributed by atoms with van der Waals surface area (Å²) in [7, 11) is 1.49. The number of methoxy groups -OCH3 is 1. The van der Waals surface area contributed by atoms with Gasteiger partial charge in [-0.15, -0.1) is 0 Å². The van der Waals surface area contributed by atoms with Crippen molar-refractivity contribution in [2.24, 2.45) is 0 Å². The Morgan fingerprint density at radius 3 is 2.96 bits per heavy atom. The van der Waals surface area contributed by atoms with Crippen LogP contribution in [0.4, 0.5) is 10.6 Å². The van der Waals surface area contributed by atoms with Gasteiger partial charge in [-0.3, -0.25) is 0 Å². The van der Waals surface area contributed by atoms with Crippen LogP contribution in [-0.4, -0.2) is 52.5 Å². The largest absolute Gasteiger partial charge is 0.465 e. The zero-order valence-corrected chi connectivity index (χ0v) is 14.6. The van der Waals surface area contributed by atoms with Gasteiger partial charge in [-0.1, -0.05) is 18.2 Å². The van der Waals surface area contributed by atoms with E-state index in [4.69, 9.17) is 9.84 Å². The number of aromatic nitrogens is 3. The molecule has 0 saturated heterocycles. The highest BCUT2D eigenvalue weighted by atomic mass is 16.5. The fourth-order valence-electron chi connectivity index (χ4n) is 2.70. The number of hydrogen-bond donors (Lipinski definition) is 4. The van der Waals surface area contributed by atoms with Crippen LogP contribution in [0, 0.1) is 11.3 Å². The second kappa shape index (κ2) is 8.16. The number of benzene rings is 1. The first-order chi connectivity index (χ1) is 13.1. The van der Waals surface area contributed by atoms with Crippen LogP contribution >= 0.6 is 0 Å². The molecule has 1 aromatic carbocycles. The first kappa shape index (κ1) is 18.2. The van der Waals surface area contributed by atoms with Gasteiger partial charge >= 0.3 is 6.09 Å². The number of aromatic amines is 1. The number of nitriles is 1. The Bertz CT molecular complexity index is 961. The minimum Gasteiger partial charge on any atom is -0.465 e. The molecule has 2 heterocycles. The molecule has 3 aromatic rings. The molecule has 3 rings (SSSR count). The smallest absolute Gasteiger partial charge is 0.405 e. The molecule has 0 fully saturated rings. The maximum absolute atomic E-state index is 10.8. The van der Waals surface area contributed by atoms with Crippen LogP contribution in [0.25, 0.3) is 22.3 Å². The molecular formula is C18H18N6O3. The lowest BCUT2D eigenvalue weighted by Gasteiger charge is -2.17. The van der Waals surface area contributed by atoms with Gasteiger partial charge in [-0.25, -0.2) is 14.8 Å². The van der Waals surface area contributed by atoms with Gasteiger partial charge < -0.3 is 25.5 Å². The number of H-pyrrole nitrogens is 1. The van der Waals surface area contributed by atoms with Crippen LogP contribution in [0.15, 0.2) is 36.5 Å². The average molecular weight is 366 g/mol. The van der Waals surface area contributed by atoms with E-state index >= 15 is 0 Å². The first-order valence-electron chi connectivity index (χ1n) is 8.18. The van der Waals surface area contributed by atoms with Crippen LogP contribution in [0.2, 0.25) is 0 Å². The van der Waals surface area contributed by atoms with Crippen molar-refractivity contribution >= 4 is 22.8 Å². The Morgan fingerprint density at radius 2 is 2.26 bits per heavy atom. The van der Waals surface area contributed by atoms with Gasteiger partial charge in [0.15, 0.2) is 5.69 Å². The number of rotatable bonds is 7. The highest BCUT2D eigenvalue weighted by Crippen LogP contribution is 2.25. The molecule has 0 aliphatic carbocycles. The summed E-state index contributed by atoms with van der Waals surface area (Å²) in [5, 5.41) is 24.6. The molecule has 9 nitrogen and oxygen atoms in total. The molecule has 0 radical (unpaired) electrons. The molecule has 4 N–H and O–H groups in total. The number of amides is 1. The van der Waals surface area contributed by atoms with Gasteiger partial charge in [0.2, 0.25) is 0 Å². The lowest BCUT2D eigenvalue weighted by molar-refractivity contribution is 0.154. The van der Waals surface area contributed by atoms with Crippen LogP contribution in [-0.2, 0) is 4.74 Å². The molecule has 27 heavy (non-hydrogen) atoms. The highest BCUT2D eigenvalue weighted by molar-refractivity contribution is 5.85. The van der Waals surface area contributed by atoms with E-state index in [-0.39, 0.29) is 18.8 Å². The van der Waals surface area contributed by atoms with Crippen molar-refractivity contribution in [1.29, 1.82) is 5.26 Å². The Labute approximate surface area is 155 Å². The van der Waals surface area contributed by atoms with Gasteiger partial charge in [0.05, 0.1) is 24.5 Å². The molecule has 0 saturated carbocycles. The molecule has 1 unspecified atom stereocenters. The quantitative estimate of drug-likeness (QED) is 0.503. The summed E-state index contributed by atoms with van der Waals surface area (Å²) >= 11 is 0. The van der Waals surface area contributed by atoms with Crippen molar-refractivity contribution in [2.75, 3.05) is 25.6 Å². The SMILES string of the molecule is COCC(CNc1cnc(C#N)c(-c2cc3ccccc3[nH]2)n1)NC(=O)O. The van der Waals surface area contributed by atoms with E-state index in [0.717, 1.165) is 10.9 Å². The van der Waals surface area contributed by atoms with Gasteiger partial charge in [0.25, 0.3) is 0 Å². The molecule has 0 spiro atoms. The lowest BCUT2D eigenvalue weighted by atomic mass is 10.2. The minimum absolute atomic E-state index is 0.198. The van der Waals surface area contributed by atoms with E-state index < -0.39 is 12.1 Å². The van der Waals surface area contributed by atoms with Gasteiger partial charge in [-0.2, -0.15) is 5.26 Å². The van der Waals surface area contributed by atoms with E-state index in [1.165, 1.54) is 13.3 Å². The number of carboxylic acid groups (broad SMARTS) is 1. The molecule has 2 aromatic heterocycles. The summed E-state index contributed by atoms with van der Waals surface area (Å²) in [4.78, 5) is 22.7. The van der Waals surface area contributed by atoms with Gasteiger partial charge in [-0.05, 0) is 12.1 Å². The van der Waals surface area contributed by atoms with E-state index in [1.807, 2.05) is 36.4 Å². The number of carbonyl (C=O) groups is 1. The Morgan fingerprint density at radius 1 is 1.44 bits per heavy atom. The number of anilines is 1. The second-order valence-corrected chi connectivity index (χ2v) is 5.82. The number of nitrogens with zero attached hydrogens (tertiary/aromatic N) is 3.